The smallest absolute Gasteiger partial charge is 0.226 e. The van der Waals surface area contributed by atoms with E-state index in [9.17, 15) is 9.90 Å². The molecule has 0 heterocycles. The summed E-state index contributed by atoms with van der Waals surface area (Å²) in [6, 6.07) is 7.62. The largest absolute Gasteiger partial charge is 0.491 e. The number of nitrogens with zero attached hydrogens (tertiary/aromatic N) is 1. The number of hydrogen-bond donors (Lipinski definition) is 1. The number of benzene rings is 1. The first-order chi connectivity index (χ1) is 9.40. The second-order valence-electron chi connectivity index (χ2n) is 5.40. The molecule has 0 saturated heterocycles. The molecule has 1 unspecified atom stereocenters. The topological polar surface area (TPSA) is 49.8 Å². The van der Waals surface area contributed by atoms with Gasteiger partial charge in [0.05, 0.1) is 18.6 Å². The second kappa shape index (κ2) is 7.90. The van der Waals surface area contributed by atoms with Crippen molar-refractivity contribution in [1.29, 1.82) is 0 Å². The highest BCUT2D eigenvalue weighted by Gasteiger charge is 2.13. The van der Waals surface area contributed by atoms with Gasteiger partial charge in [-0.15, -0.1) is 0 Å². The van der Waals surface area contributed by atoms with E-state index in [1.54, 1.807) is 18.9 Å². The van der Waals surface area contributed by atoms with Crippen LogP contribution in [0.25, 0.3) is 0 Å². The van der Waals surface area contributed by atoms with E-state index in [1.807, 2.05) is 38.1 Å². The van der Waals surface area contributed by atoms with Crippen molar-refractivity contribution < 1.29 is 14.6 Å². The number of aliphatic hydroxyl groups excluding tert-OH is 1. The van der Waals surface area contributed by atoms with Crippen molar-refractivity contribution in [2.24, 2.45) is 0 Å². The summed E-state index contributed by atoms with van der Waals surface area (Å²) in [7, 11) is 1.76. The summed E-state index contributed by atoms with van der Waals surface area (Å²) in [4.78, 5) is 13.8. The summed E-state index contributed by atoms with van der Waals surface area (Å²) in [6.45, 7) is 6.22. The van der Waals surface area contributed by atoms with Crippen LogP contribution in [0.5, 0.6) is 5.75 Å². The molecular formula is C16H25NO3. The van der Waals surface area contributed by atoms with E-state index in [4.69, 9.17) is 4.74 Å². The minimum absolute atomic E-state index is 0.0328. The summed E-state index contributed by atoms with van der Waals surface area (Å²) in [5.74, 6) is 0.797. The Labute approximate surface area is 121 Å². The molecule has 4 heteroatoms. The van der Waals surface area contributed by atoms with Crippen molar-refractivity contribution in [3.05, 3.63) is 29.8 Å². The minimum atomic E-state index is -0.387. The van der Waals surface area contributed by atoms with Crippen LogP contribution in [0.2, 0.25) is 0 Å². The monoisotopic (exact) mass is 279 g/mol. The molecule has 20 heavy (non-hydrogen) atoms. The number of carbonyl (C=O) groups excluding carboxylic acids is 1. The molecule has 4 nitrogen and oxygen atoms in total. The van der Waals surface area contributed by atoms with E-state index in [1.165, 1.54) is 0 Å². The van der Waals surface area contributed by atoms with E-state index < -0.39 is 0 Å². The van der Waals surface area contributed by atoms with Crippen LogP contribution in [-0.2, 0) is 11.2 Å². The number of rotatable bonds is 7. The fourth-order valence-electron chi connectivity index (χ4n) is 1.82. The summed E-state index contributed by atoms with van der Waals surface area (Å²) < 4.78 is 5.71. The van der Waals surface area contributed by atoms with Crippen molar-refractivity contribution in [2.45, 2.75) is 45.8 Å². The molecule has 1 aromatic carbocycles. The highest BCUT2D eigenvalue weighted by molar-refractivity contribution is 5.79. The average Bonchev–Trinajstić information content (AvgIpc) is 2.37. The standard InChI is InChI=1S/C16H25NO3/c1-12(2)20-15-8-6-5-7-14(15)11-16(19)17(4)10-9-13(3)18/h5-8,12-13,18H,9-11H2,1-4H3. The van der Waals surface area contributed by atoms with Crippen LogP contribution in [-0.4, -0.2) is 41.7 Å². The number of amides is 1. The molecule has 0 aliphatic rings. The molecule has 1 atom stereocenters. The van der Waals surface area contributed by atoms with Gasteiger partial charge < -0.3 is 14.7 Å². The Morgan fingerprint density at radius 2 is 1.95 bits per heavy atom. The quantitative estimate of drug-likeness (QED) is 0.833. The van der Waals surface area contributed by atoms with Gasteiger partial charge in [-0.3, -0.25) is 4.79 Å². The van der Waals surface area contributed by atoms with Gasteiger partial charge in [0.1, 0.15) is 5.75 Å². The fourth-order valence-corrected chi connectivity index (χ4v) is 1.82. The first-order valence-electron chi connectivity index (χ1n) is 7.06. The molecule has 1 aromatic rings. The molecule has 1 N–H and O–H groups in total. The summed E-state index contributed by atoms with van der Waals surface area (Å²) in [6.07, 6.45) is 0.604. The molecule has 1 amide bonds. The van der Waals surface area contributed by atoms with Crippen LogP contribution >= 0.6 is 0 Å². The average molecular weight is 279 g/mol. The van der Waals surface area contributed by atoms with E-state index >= 15 is 0 Å². The Balaban J connectivity index is 2.65. The zero-order valence-corrected chi connectivity index (χ0v) is 12.8. The van der Waals surface area contributed by atoms with E-state index in [0.29, 0.717) is 19.4 Å². The molecule has 0 radical (unpaired) electrons. The van der Waals surface area contributed by atoms with Crippen molar-refractivity contribution in [1.82, 2.24) is 4.90 Å². The van der Waals surface area contributed by atoms with Gasteiger partial charge in [0.25, 0.3) is 0 Å². The first-order valence-corrected chi connectivity index (χ1v) is 7.06. The molecule has 0 aliphatic heterocycles. The van der Waals surface area contributed by atoms with Crippen LogP contribution in [0.15, 0.2) is 24.3 Å². The fraction of sp³-hybridized carbons (Fsp3) is 0.562. The van der Waals surface area contributed by atoms with E-state index in [2.05, 4.69) is 0 Å². The van der Waals surface area contributed by atoms with Gasteiger partial charge in [0, 0.05) is 19.2 Å². The van der Waals surface area contributed by atoms with E-state index in [0.717, 1.165) is 11.3 Å². The Morgan fingerprint density at radius 1 is 1.30 bits per heavy atom. The molecule has 0 saturated carbocycles. The van der Waals surface area contributed by atoms with Gasteiger partial charge in [-0.25, -0.2) is 0 Å². The predicted molar refractivity (Wildman–Crippen MR) is 79.8 cm³/mol. The maximum absolute atomic E-state index is 12.2. The molecular weight excluding hydrogens is 254 g/mol. The summed E-state index contributed by atoms with van der Waals surface area (Å²) in [5, 5.41) is 9.26. The lowest BCUT2D eigenvalue weighted by atomic mass is 10.1. The molecule has 112 valence electrons. The third-order valence-corrected chi connectivity index (χ3v) is 2.98. The van der Waals surface area contributed by atoms with Gasteiger partial charge in [-0.05, 0) is 33.3 Å². The van der Waals surface area contributed by atoms with Gasteiger partial charge >= 0.3 is 0 Å². The molecule has 0 spiro atoms. The number of ether oxygens (including phenoxy) is 1. The van der Waals surface area contributed by atoms with Crippen LogP contribution in [0.4, 0.5) is 0 Å². The molecule has 0 aromatic heterocycles. The molecule has 0 aliphatic carbocycles. The third-order valence-electron chi connectivity index (χ3n) is 2.98. The van der Waals surface area contributed by atoms with Gasteiger partial charge in [-0.1, -0.05) is 18.2 Å². The Morgan fingerprint density at radius 3 is 2.55 bits per heavy atom. The van der Waals surface area contributed by atoms with Crippen LogP contribution < -0.4 is 4.74 Å². The van der Waals surface area contributed by atoms with Crippen LogP contribution in [0.3, 0.4) is 0 Å². The number of aliphatic hydroxyl groups is 1. The maximum atomic E-state index is 12.2. The lowest BCUT2D eigenvalue weighted by Gasteiger charge is -2.19. The highest BCUT2D eigenvalue weighted by atomic mass is 16.5. The SMILES string of the molecule is CC(O)CCN(C)C(=O)Cc1ccccc1OC(C)C. The highest BCUT2D eigenvalue weighted by Crippen LogP contribution is 2.20. The Hall–Kier alpha value is -1.55. The number of para-hydroxylation sites is 1. The second-order valence-corrected chi connectivity index (χ2v) is 5.40. The van der Waals surface area contributed by atoms with Gasteiger partial charge in [0.2, 0.25) is 5.91 Å². The third kappa shape index (κ3) is 5.61. The first kappa shape index (κ1) is 16.5. The Kier molecular flexibility index (Phi) is 6.52. The van der Waals surface area contributed by atoms with Crippen molar-refractivity contribution >= 4 is 5.91 Å². The Bertz CT molecular complexity index is 429. The number of hydrogen-bond acceptors (Lipinski definition) is 3. The zero-order valence-electron chi connectivity index (χ0n) is 12.8. The minimum Gasteiger partial charge on any atom is -0.491 e. The van der Waals surface area contributed by atoms with Gasteiger partial charge in [0.15, 0.2) is 0 Å². The number of likely N-dealkylation sites (N-methyl/N-ethyl adjacent to an activating group) is 1. The van der Waals surface area contributed by atoms with Crippen molar-refractivity contribution in [3.8, 4) is 5.75 Å². The molecule has 0 bridgehead atoms. The molecule has 0 fully saturated rings. The predicted octanol–water partition coefficient (Wildman–Crippen LogP) is 2.25. The van der Waals surface area contributed by atoms with Crippen molar-refractivity contribution in [2.75, 3.05) is 13.6 Å². The normalized spacial score (nSPS) is 12.3. The lowest BCUT2D eigenvalue weighted by molar-refractivity contribution is -0.129. The van der Waals surface area contributed by atoms with Crippen LogP contribution in [0, 0.1) is 0 Å². The molecule has 1 rings (SSSR count). The van der Waals surface area contributed by atoms with Gasteiger partial charge in [-0.2, -0.15) is 0 Å². The summed E-state index contributed by atoms with van der Waals surface area (Å²) >= 11 is 0. The zero-order chi connectivity index (χ0) is 15.1. The number of carbonyl (C=O) groups is 1. The van der Waals surface area contributed by atoms with Crippen LogP contribution in [0.1, 0.15) is 32.8 Å². The van der Waals surface area contributed by atoms with Crippen molar-refractivity contribution in [3.63, 3.8) is 0 Å². The lowest BCUT2D eigenvalue weighted by Crippen LogP contribution is -2.30. The maximum Gasteiger partial charge on any atom is 0.226 e. The summed E-state index contributed by atoms with van der Waals surface area (Å²) in [5.41, 5.74) is 0.898. The van der Waals surface area contributed by atoms with E-state index in [-0.39, 0.29) is 18.1 Å².